The van der Waals surface area contributed by atoms with Crippen LogP contribution in [0, 0.1) is 0 Å². The summed E-state index contributed by atoms with van der Waals surface area (Å²) in [5.41, 5.74) is 4.52. The van der Waals surface area contributed by atoms with Crippen LogP contribution in [0.2, 0.25) is 0 Å². The molecule has 1 unspecified atom stereocenters. The second kappa shape index (κ2) is 6.60. The van der Waals surface area contributed by atoms with Gasteiger partial charge in [-0.3, -0.25) is 4.57 Å². The molecule has 3 rings (SSSR count). The van der Waals surface area contributed by atoms with Gasteiger partial charge < -0.3 is 25.4 Å². The number of nitrogen functional groups attached to an aromatic ring is 1. The summed E-state index contributed by atoms with van der Waals surface area (Å²) in [6, 6.07) is 0. The van der Waals surface area contributed by atoms with Crippen LogP contribution in [0.5, 0.6) is 5.88 Å². The predicted octanol–water partition coefficient (Wildman–Crippen LogP) is 0.339. The number of nitrogens with two attached hydrogens (primary N) is 1. The molecule has 0 saturated carbocycles. The number of aliphatic hydroxyl groups excluding tert-OH is 1. The van der Waals surface area contributed by atoms with Crippen LogP contribution in [0.4, 0.5) is 5.95 Å². The Bertz CT molecular complexity index is 817. The molecule has 25 heavy (non-hydrogen) atoms. The Balaban J connectivity index is 1.99. The van der Waals surface area contributed by atoms with Crippen LogP contribution >= 0.6 is 18.6 Å². The van der Waals surface area contributed by atoms with Gasteiger partial charge in [-0.05, 0) is 11.5 Å². The van der Waals surface area contributed by atoms with Gasteiger partial charge >= 0.3 is 7.38 Å². The molecule has 4 N–H and O–H groups in total. The van der Waals surface area contributed by atoms with Crippen LogP contribution in [0.3, 0.4) is 0 Å². The van der Waals surface area contributed by atoms with Crippen LogP contribution < -0.4 is 10.5 Å². The van der Waals surface area contributed by atoms with Gasteiger partial charge in [0.1, 0.15) is 24.4 Å². The Morgan fingerprint density at radius 2 is 2.28 bits per heavy atom. The molecule has 1 aliphatic heterocycles. The van der Waals surface area contributed by atoms with E-state index in [1.807, 2.05) is 0 Å². The molecule has 5 atom stereocenters. The van der Waals surface area contributed by atoms with Gasteiger partial charge in [-0.2, -0.15) is 9.97 Å². The molecular formula is C12H16ClN5O6P+. The second-order valence-electron chi connectivity index (χ2n) is 5.62. The largest absolute Gasteiger partial charge is 0.633 e. The predicted molar refractivity (Wildman–Crippen MR) is 86.2 cm³/mol. The summed E-state index contributed by atoms with van der Waals surface area (Å²) in [4.78, 5) is 12.2. The van der Waals surface area contributed by atoms with Crippen LogP contribution in [0.1, 0.15) is 13.2 Å². The topological polar surface area (TPSA) is 155 Å². The molecule has 0 aromatic carbocycles. The summed E-state index contributed by atoms with van der Waals surface area (Å²) in [6.45, 7) is 1.12. The van der Waals surface area contributed by atoms with E-state index in [0.29, 0.717) is 5.52 Å². The average Bonchev–Trinajstić information content (AvgIpc) is 3.05. The van der Waals surface area contributed by atoms with Crippen molar-refractivity contribution in [2.24, 2.45) is 0 Å². The van der Waals surface area contributed by atoms with E-state index in [1.165, 1.54) is 24.9 Å². The number of halogens is 1. The van der Waals surface area contributed by atoms with Crippen molar-refractivity contribution in [1.82, 2.24) is 19.5 Å². The number of methoxy groups -OCH3 is 1. The summed E-state index contributed by atoms with van der Waals surface area (Å²) < 4.78 is 27.9. The summed E-state index contributed by atoms with van der Waals surface area (Å²) in [7, 11) is -0.979. The van der Waals surface area contributed by atoms with Crippen LogP contribution in [0.15, 0.2) is 6.33 Å². The maximum atomic E-state index is 10.9. The van der Waals surface area contributed by atoms with Crippen molar-refractivity contribution in [1.29, 1.82) is 0 Å². The number of hydrogen-bond donors (Lipinski definition) is 3. The van der Waals surface area contributed by atoms with Crippen LogP contribution in [0.25, 0.3) is 11.2 Å². The molecule has 0 radical (unpaired) electrons. The van der Waals surface area contributed by atoms with Gasteiger partial charge in [0, 0.05) is 0 Å². The maximum absolute atomic E-state index is 10.9. The minimum Gasteiger partial charge on any atom is -0.479 e. The van der Waals surface area contributed by atoms with E-state index in [1.54, 1.807) is 0 Å². The SMILES string of the molecule is COc1nc(N)nc2c1ncn2[C@@H]1O[C@H](CO[P+](=O)Cl)[C@@H](O)[C@@]1(C)O. The highest BCUT2D eigenvalue weighted by molar-refractivity contribution is 7.69. The lowest BCUT2D eigenvalue weighted by Gasteiger charge is -2.27. The standard InChI is InChI=1S/C12H16ClN5O6P/c1-12(20)7(19)5(3-23-25(13)21)24-10(12)18-4-15-6-8(18)16-11(14)17-9(6)22-2/h4-5,7,10,19-20H,3H2,1-2H3,(H2,14,16,17)/q+1/t5-,7-,10-,12-/m1/s1. The normalized spacial score (nSPS) is 30.0. The van der Waals surface area contributed by atoms with Crippen molar-refractivity contribution in [3.8, 4) is 5.88 Å². The lowest BCUT2D eigenvalue weighted by atomic mass is 9.96. The van der Waals surface area contributed by atoms with E-state index in [4.69, 9.17) is 31.0 Å². The summed E-state index contributed by atoms with van der Waals surface area (Å²) in [5, 5.41) is 21.0. The molecule has 0 bridgehead atoms. The fourth-order valence-corrected chi connectivity index (χ4v) is 3.16. The lowest BCUT2D eigenvalue weighted by Crippen LogP contribution is -2.44. The molecule has 0 aliphatic carbocycles. The minimum atomic E-state index is -2.39. The van der Waals surface area contributed by atoms with Crippen LogP contribution in [-0.4, -0.2) is 61.3 Å². The van der Waals surface area contributed by atoms with Gasteiger partial charge in [-0.25, -0.2) is 4.98 Å². The van der Waals surface area contributed by atoms with E-state index >= 15 is 0 Å². The van der Waals surface area contributed by atoms with Gasteiger partial charge in [0.15, 0.2) is 17.4 Å². The highest BCUT2D eigenvalue weighted by Crippen LogP contribution is 2.41. The summed E-state index contributed by atoms with van der Waals surface area (Å²) >= 11 is 5.27. The Morgan fingerprint density at radius 1 is 1.56 bits per heavy atom. The van der Waals surface area contributed by atoms with Gasteiger partial charge in [0.25, 0.3) is 0 Å². The van der Waals surface area contributed by atoms with Crippen molar-refractivity contribution < 1.29 is 28.8 Å². The molecule has 1 saturated heterocycles. The first kappa shape index (κ1) is 18.2. The third kappa shape index (κ3) is 3.14. The molecule has 11 nitrogen and oxygen atoms in total. The molecule has 13 heteroatoms. The first-order chi connectivity index (χ1) is 11.8. The number of anilines is 1. The number of fused-ring (bicyclic) bond motifs is 1. The Hall–Kier alpha value is -1.62. The van der Waals surface area contributed by atoms with E-state index in [9.17, 15) is 14.8 Å². The highest BCUT2D eigenvalue weighted by atomic mass is 35.7. The van der Waals surface area contributed by atoms with Crippen molar-refractivity contribution in [2.45, 2.75) is 31.0 Å². The van der Waals surface area contributed by atoms with E-state index < -0.39 is 31.4 Å². The second-order valence-corrected chi connectivity index (χ2v) is 7.13. The van der Waals surface area contributed by atoms with E-state index in [2.05, 4.69) is 15.0 Å². The monoisotopic (exact) mass is 392 g/mol. The third-order valence-electron chi connectivity index (χ3n) is 3.95. The molecule has 2 aromatic rings. The van der Waals surface area contributed by atoms with E-state index in [-0.39, 0.29) is 24.1 Å². The van der Waals surface area contributed by atoms with Gasteiger partial charge in [-0.1, -0.05) is 0 Å². The van der Waals surface area contributed by atoms with Gasteiger partial charge in [0.05, 0.1) is 13.4 Å². The van der Waals surface area contributed by atoms with Crippen molar-refractivity contribution in [2.75, 3.05) is 19.5 Å². The molecule has 1 aliphatic rings. The zero-order chi connectivity index (χ0) is 18.4. The summed E-state index contributed by atoms with van der Waals surface area (Å²) in [6.07, 6.45) is -1.99. The number of aromatic nitrogens is 4. The smallest absolute Gasteiger partial charge is 0.479 e. The van der Waals surface area contributed by atoms with Gasteiger partial charge in [-0.15, -0.1) is 4.52 Å². The Morgan fingerprint density at radius 3 is 2.92 bits per heavy atom. The molecule has 0 amide bonds. The van der Waals surface area contributed by atoms with Gasteiger partial charge in [0.2, 0.25) is 23.1 Å². The minimum absolute atomic E-state index is 0.0525. The first-order valence-electron chi connectivity index (χ1n) is 7.11. The number of rotatable bonds is 5. The average molecular weight is 393 g/mol. The molecule has 2 aromatic heterocycles. The molecule has 0 spiro atoms. The fourth-order valence-electron chi connectivity index (χ4n) is 2.73. The number of aliphatic hydroxyl groups is 2. The lowest BCUT2D eigenvalue weighted by molar-refractivity contribution is -0.0946. The Kier molecular flexibility index (Phi) is 4.80. The zero-order valence-electron chi connectivity index (χ0n) is 13.2. The number of imidazole rings is 1. The highest BCUT2D eigenvalue weighted by Gasteiger charge is 2.54. The zero-order valence-corrected chi connectivity index (χ0v) is 14.9. The Labute approximate surface area is 147 Å². The summed E-state index contributed by atoms with van der Waals surface area (Å²) in [5.74, 6) is 0.113. The molecule has 3 heterocycles. The van der Waals surface area contributed by atoms with Crippen molar-refractivity contribution in [3.05, 3.63) is 6.33 Å². The first-order valence-corrected chi connectivity index (χ1v) is 9.19. The van der Waals surface area contributed by atoms with Crippen molar-refractivity contribution >= 4 is 35.7 Å². The third-order valence-corrected chi connectivity index (χ3v) is 4.59. The molecule has 136 valence electrons. The number of hydrogen-bond acceptors (Lipinski definition) is 10. The fraction of sp³-hybridized carbons (Fsp3) is 0.583. The van der Waals surface area contributed by atoms with Crippen LogP contribution in [-0.2, 0) is 13.8 Å². The number of ether oxygens (including phenoxy) is 2. The van der Waals surface area contributed by atoms with Crippen molar-refractivity contribution in [3.63, 3.8) is 0 Å². The molecule has 1 fully saturated rings. The number of nitrogens with zero attached hydrogens (tertiary/aromatic N) is 4. The quantitative estimate of drug-likeness (QED) is 0.606. The maximum Gasteiger partial charge on any atom is 0.633 e. The van der Waals surface area contributed by atoms with E-state index in [0.717, 1.165) is 0 Å². The molecular weight excluding hydrogens is 377 g/mol.